The van der Waals surface area contributed by atoms with Gasteiger partial charge in [0.15, 0.2) is 0 Å². The molecule has 2 heterocycles. The molecule has 0 saturated carbocycles. The maximum absolute atomic E-state index is 13.0. The maximum atomic E-state index is 13.0. The molecule has 0 atom stereocenters. The number of hydrogen-bond donors (Lipinski definition) is 0. The second-order valence-electron chi connectivity index (χ2n) is 7.07. The summed E-state index contributed by atoms with van der Waals surface area (Å²) in [5.41, 5.74) is 0.477. The summed E-state index contributed by atoms with van der Waals surface area (Å²) in [6, 6.07) is 18.3. The summed E-state index contributed by atoms with van der Waals surface area (Å²) in [5.74, 6) is 0.801. The fourth-order valence-corrected chi connectivity index (χ4v) is 4.69. The highest BCUT2D eigenvalue weighted by atomic mass is 35.5. The van der Waals surface area contributed by atoms with Gasteiger partial charge in [-0.05, 0) is 30.3 Å². The van der Waals surface area contributed by atoms with E-state index in [1.165, 1.54) is 18.2 Å². The van der Waals surface area contributed by atoms with Gasteiger partial charge in [-0.25, -0.2) is 13.4 Å². The number of aromatic nitrogens is 1. The number of nitrogens with one attached hydrogen (secondary N) is 1. The fraction of sp³-hybridized carbons (Fsp3) is 0.182. The van der Waals surface area contributed by atoms with Gasteiger partial charge in [-0.1, -0.05) is 41.9 Å². The number of sulfonamides is 1. The molecule has 3 aromatic rings. The molecule has 4 rings (SSSR count). The van der Waals surface area contributed by atoms with E-state index in [0.29, 0.717) is 31.7 Å². The molecule has 9 heteroatoms. The SMILES string of the molecule is O=C(c1cccc(S(=O)(=O)[N-]c2ccccc2Cl)c1)N1CCN(c2cccc[nH+]2)CC1. The van der Waals surface area contributed by atoms with Gasteiger partial charge in [-0.3, -0.25) is 9.69 Å². The van der Waals surface area contributed by atoms with Gasteiger partial charge in [-0.15, -0.1) is 5.69 Å². The summed E-state index contributed by atoms with van der Waals surface area (Å²) in [6.07, 6.45) is 1.87. The number of amides is 1. The maximum Gasteiger partial charge on any atom is 0.274 e. The minimum Gasteiger partial charge on any atom is -0.572 e. The Hall–Kier alpha value is -3.10. The molecule has 1 aliphatic heterocycles. The number of piperazine rings is 1. The first kappa shape index (κ1) is 21.1. The van der Waals surface area contributed by atoms with Crippen molar-refractivity contribution >= 4 is 39.0 Å². The molecule has 0 unspecified atom stereocenters. The molecule has 0 bridgehead atoms. The average molecular weight is 457 g/mol. The molecule has 0 radical (unpaired) electrons. The summed E-state index contributed by atoms with van der Waals surface area (Å²) >= 11 is 6.03. The third-order valence-corrected chi connectivity index (χ3v) is 6.66. The van der Waals surface area contributed by atoms with Crippen LogP contribution in [0.4, 0.5) is 11.5 Å². The number of halogens is 1. The third-order valence-electron chi connectivity index (χ3n) is 5.05. The monoisotopic (exact) mass is 456 g/mol. The van der Waals surface area contributed by atoms with Crippen molar-refractivity contribution in [1.82, 2.24) is 4.90 Å². The lowest BCUT2D eigenvalue weighted by Crippen LogP contribution is -2.50. The lowest BCUT2D eigenvalue weighted by molar-refractivity contribution is -0.364. The summed E-state index contributed by atoms with van der Waals surface area (Å²) in [6.45, 7) is 2.46. The largest absolute Gasteiger partial charge is 0.572 e. The van der Waals surface area contributed by atoms with Crippen LogP contribution in [0.1, 0.15) is 10.4 Å². The molecular formula is C22H21ClN4O3S. The molecule has 0 spiro atoms. The van der Waals surface area contributed by atoms with Crippen molar-refractivity contribution in [3.05, 3.63) is 88.2 Å². The van der Waals surface area contributed by atoms with Crippen molar-refractivity contribution in [1.29, 1.82) is 0 Å². The van der Waals surface area contributed by atoms with Crippen LogP contribution in [0.25, 0.3) is 4.72 Å². The molecule has 1 aliphatic rings. The van der Waals surface area contributed by atoms with Crippen LogP contribution in [0.5, 0.6) is 0 Å². The van der Waals surface area contributed by atoms with Gasteiger partial charge >= 0.3 is 0 Å². The molecule has 1 amide bonds. The number of anilines is 1. The fourth-order valence-electron chi connectivity index (χ4n) is 3.41. The summed E-state index contributed by atoms with van der Waals surface area (Å²) in [7, 11) is -4.01. The smallest absolute Gasteiger partial charge is 0.274 e. The third kappa shape index (κ3) is 4.81. The lowest BCUT2D eigenvalue weighted by Gasteiger charge is -2.31. The Kier molecular flexibility index (Phi) is 6.11. The van der Waals surface area contributed by atoms with E-state index in [4.69, 9.17) is 11.6 Å². The lowest BCUT2D eigenvalue weighted by atomic mass is 10.2. The van der Waals surface area contributed by atoms with Crippen molar-refractivity contribution < 1.29 is 18.2 Å². The minimum absolute atomic E-state index is 0.0456. The zero-order valence-corrected chi connectivity index (χ0v) is 18.2. The first-order valence-corrected chi connectivity index (χ1v) is 11.6. The van der Waals surface area contributed by atoms with Crippen molar-refractivity contribution in [3.8, 4) is 0 Å². The van der Waals surface area contributed by atoms with Crippen molar-refractivity contribution in [2.75, 3.05) is 31.1 Å². The summed E-state index contributed by atoms with van der Waals surface area (Å²) < 4.78 is 29.3. The molecule has 1 N–H and O–H groups in total. The quantitative estimate of drug-likeness (QED) is 0.588. The standard InChI is InChI=1S/C22H20ClN4O3S/c23-19-8-1-2-9-20(19)25-31(29,30)18-7-5-6-17(16-18)22(28)27-14-12-26(13-15-27)21-10-3-4-11-24-21/h1-11,16H,12-15H2/q-1/p+1. The van der Waals surface area contributed by atoms with Crippen molar-refractivity contribution in [2.45, 2.75) is 4.90 Å². The number of carbonyl (C=O) groups is 1. The van der Waals surface area contributed by atoms with E-state index >= 15 is 0 Å². The van der Waals surface area contributed by atoms with Gasteiger partial charge < -0.3 is 9.62 Å². The van der Waals surface area contributed by atoms with Crippen LogP contribution in [-0.4, -0.2) is 45.4 Å². The number of pyridine rings is 1. The second-order valence-corrected chi connectivity index (χ2v) is 9.08. The number of carbonyl (C=O) groups excluding carboxylic acids is 1. The predicted molar refractivity (Wildman–Crippen MR) is 119 cm³/mol. The number of hydrogen-bond acceptors (Lipinski definition) is 4. The van der Waals surface area contributed by atoms with Gasteiger partial charge in [0.1, 0.15) is 23.1 Å². The van der Waals surface area contributed by atoms with E-state index in [1.807, 2.05) is 24.4 Å². The van der Waals surface area contributed by atoms with Gasteiger partial charge in [0, 0.05) is 16.7 Å². The molecule has 1 saturated heterocycles. The molecule has 160 valence electrons. The molecule has 1 aromatic heterocycles. The van der Waals surface area contributed by atoms with Crippen LogP contribution in [-0.2, 0) is 10.0 Å². The number of H-pyrrole nitrogens is 1. The number of rotatable bonds is 5. The number of benzene rings is 2. The van der Waals surface area contributed by atoms with E-state index in [2.05, 4.69) is 14.6 Å². The van der Waals surface area contributed by atoms with Crippen LogP contribution in [0.2, 0.25) is 5.02 Å². The van der Waals surface area contributed by atoms with E-state index in [9.17, 15) is 13.2 Å². The first-order chi connectivity index (χ1) is 14.9. The molecule has 0 aliphatic carbocycles. The second kappa shape index (κ2) is 8.95. The molecule has 31 heavy (non-hydrogen) atoms. The minimum atomic E-state index is -4.01. The number of nitrogens with zero attached hydrogens (tertiary/aromatic N) is 3. The molecular weight excluding hydrogens is 436 g/mol. The Bertz CT molecular complexity index is 1180. The Balaban J connectivity index is 1.47. The zero-order chi connectivity index (χ0) is 21.8. The summed E-state index contributed by atoms with van der Waals surface area (Å²) in [4.78, 5) is 20.0. The summed E-state index contributed by atoms with van der Waals surface area (Å²) in [5, 5.41) is 0.242. The van der Waals surface area contributed by atoms with E-state index in [-0.39, 0.29) is 21.5 Å². The topological polar surface area (TPSA) is 85.9 Å². The Labute approximate surface area is 186 Å². The number of aromatic amines is 1. The Morgan fingerprint density at radius 3 is 2.39 bits per heavy atom. The average Bonchev–Trinajstić information content (AvgIpc) is 2.81. The molecule has 1 fully saturated rings. The normalized spacial score (nSPS) is 14.4. The Morgan fingerprint density at radius 1 is 0.935 bits per heavy atom. The van der Waals surface area contributed by atoms with Crippen molar-refractivity contribution in [2.24, 2.45) is 0 Å². The molecule has 2 aromatic carbocycles. The van der Waals surface area contributed by atoms with Gasteiger partial charge in [0.05, 0.1) is 24.2 Å². The van der Waals surface area contributed by atoms with Crippen molar-refractivity contribution in [3.63, 3.8) is 0 Å². The highest BCUT2D eigenvalue weighted by molar-refractivity contribution is 7.94. The van der Waals surface area contributed by atoms with E-state index < -0.39 is 10.0 Å². The van der Waals surface area contributed by atoms with Gasteiger partial charge in [0.25, 0.3) is 11.7 Å². The van der Waals surface area contributed by atoms with Gasteiger partial charge in [-0.2, -0.15) is 0 Å². The van der Waals surface area contributed by atoms with Gasteiger partial charge in [0.2, 0.25) is 0 Å². The van der Waals surface area contributed by atoms with E-state index in [1.54, 1.807) is 35.2 Å². The van der Waals surface area contributed by atoms with Crippen LogP contribution < -0.4 is 9.88 Å². The van der Waals surface area contributed by atoms with E-state index in [0.717, 1.165) is 5.82 Å². The zero-order valence-electron chi connectivity index (χ0n) is 16.6. The van der Waals surface area contributed by atoms with Crippen LogP contribution in [0, 0.1) is 0 Å². The highest BCUT2D eigenvalue weighted by Crippen LogP contribution is 2.33. The van der Waals surface area contributed by atoms with Crippen LogP contribution >= 0.6 is 11.6 Å². The first-order valence-electron chi connectivity index (χ1n) is 9.77. The van der Waals surface area contributed by atoms with Crippen LogP contribution in [0.3, 0.4) is 0 Å². The highest BCUT2D eigenvalue weighted by Gasteiger charge is 2.27. The molecule has 7 nitrogen and oxygen atoms in total. The Morgan fingerprint density at radius 2 is 1.68 bits per heavy atom. The van der Waals surface area contributed by atoms with Crippen LogP contribution in [0.15, 0.2) is 77.8 Å². The predicted octanol–water partition coefficient (Wildman–Crippen LogP) is 3.51.